The summed E-state index contributed by atoms with van der Waals surface area (Å²) in [5.41, 5.74) is 2.05. The van der Waals surface area contributed by atoms with Crippen molar-refractivity contribution < 1.29 is 5.11 Å². The zero-order valence-electron chi connectivity index (χ0n) is 9.53. The number of hydrogen-bond donors (Lipinski definition) is 2. The van der Waals surface area contributed by atoms with Crippen LogP contribution in [-0.4, -0.2) is 5.11 Å². The van der Waals surface area contributed by atoms with Gasteiger partial charge in [-0.05, 0) is 36.1 Å². The zero-order chi connectivity index (χ0) is 12.3. The predicted octanol–water partition coefficient (Wildman–Crippen LogP) is 3.71. The number of hydrogen-bond acceptors (Lipinski definition) is 3. The highest BCUT2D eigenvalue weighted by atomic mass is 35.5. The van der Waals surface area contributed by atoms with Crippen molar-refractivity contribution in [2.24, 2.45) is 0 Å². The number of halogens is 1. The molecule has 0 saturated heterocycles. The molecule has 90 valence electrons. The molecule has 2 aromatic rings. The van der Waals surface area contributed by atoms with Gasteiger partial charge in [-0.3, -0.25) is 0 Å². The normalized spacial score (nSPS) is 10.7. The number of phenols is 1. The summed E-state index contributed by atoms with van der Waals surface area (Å²) >= 11 is 7.76. The van der Waals surface area contributed by atoms with Gasteiger partial charge in [-0.1, -0.05) is 17.7 Å². The second kappa shape index (κ2) is 5.54. The fourth-order valence-corrected chi connectivity index (χ4v) is 2.72. The molecule has 0 bridgehead atoms. The minimum absolute atomic E-state index is 0.243. The first-order valence-corrected chi connectivity index (χ1v) is 6.64. The van der Waals surface area contributed by atoms with E-state index in [9.17, 15) is 5.11 Å². The summed E-state index contributed by atoms with van der Waals surface area (Å²) in [5, 5.41) is 15.7. The summed E-state index contributed by atoms with van der Waals surface area (Å²) in [7, 11) is 0. The van der Waals surface area contributed by atoms with Gasteiger partial charge in [0.1, 0.15) is 5.75 Å². The molecule has 0 aliphatic heterocycles. The van der Waals surface area contributed by atoms with Crippen molar-refractivity contribution >= 4 is 22.9 Å². The lowest BCUT2D eigenvalue weighted by atomic mass is 10.2. The molecule has 0 unspecified atom stereocenters. The van der Waals surface area contributed by atoms with Crippen LogP contribution < -0.4 is 5.32 Å². The molecule has 0 radical (unpaired) electrons. The van der Waals surface area contributed by atoms with Gasteiger partial charge in [0, 0.05) is 28.6 Å². The van der Waals surface area contributed by atoms with Gasteiger partial charge in [0.2, 0.25) is 0 Å². The first-order chi connectivity index (χ1) is 8.18. The van der Waals surface area contributed by atoms with E-state index in [4.69, 9.17) is 11.6 Å². The van der Waals surface area contributed by atoms with Gasteiger partial charge in [-0.25, -0.2) is 0 Å². The van der Waals surface area contributed by atoms with Crippen LogP contribution in [0.25, 0.3) is 0 Å². The molecular formula is C13H14ClNOS. The van der Waals surface area contributed by atoms with E-state index in [0.29, 0.717) is 11.6 Å². The van der Waals surface area contributed by atoms with Gasteiger partial charge < -0.3 is 10.4 Å². The Morgan fingerprint density at radius 1 is 1.29 bits per heavy atom. The van der Waals surface area contributed by atoms with E-state index in [2.05, 4.69) is 23.7 Å². The minimum atomic E-state index is 0.243. The fourth-order valence-electron chi connectivity index (χ4n) is 1.61. The maximum atomic E-state index is 9.68. The molecule has 0 fully saturated rings. The van der Waals surface area contributed by atoms with E-state index in [-0.39, 0.29) is 5.75 Å². The Morgan fingerprint density at radius 2 is 2.12 bits per heavy atom. The van der Waals surface area contributed by atoms with Crippen LogP contribution in [0.3, 0.4) is 0 Å². The lowest BCUT2D eigenvalue weighted by Gasteiger charge is -2.08. The van der Waals surface area contributed by atoms with E-state index in [1.54, 1.807) is 29.5 Å². The van der Waals surface area contributed by atoms with Gasteiger partial charge in [0.05, 0.1) is 0 Å². The molecule has 1 aromatic carbocycles. The standard InChI is InChI=1S/C13H14ClNOS/c1-9-5-6-17-13(9)8-15-7-10-11(14)3-2-4-12(10)16/h2-6,15-16H,7-8H2,1H3. The average molecular weight is 268 g/mol. The molecule has 1 aromatic heterocycles. The average Bonchev–Trinajstić information content (AvgIpc) is 2.69. The Morgan fingerprint density at radius 3 is 2.76 bits per heavy atom. The van der Waals surface area contributed by atoms with Gasteiger partial charge in [0.15, 0.2) is 0 Å². The van der Waals surface area contributed by atoms with Crippen LogP contribution in [-0.2, 0) is 13.1 Å². The molecule has 2 nitrogen and oxygen atoms in total. The third-order valence-corrected chi connectivity index (χ3v) is 4.03. The predicted molar refractivity (Wildman–Crippen MR) is 72.7 cm³/mol. The molecule has 0 saturated carbocycles. The minimum Gasteiger partial charge on any atom is -0.508 e. The van der Waals surface area contributed by atoms with Gasteiger partial charge in [0.25, 0.3) is 0 Å². The number of aryl methyl sites for hydroxylation is 1. The highest BCUT2D eigenvalue weighted by molar-refractivity contribution is 7.10. The van der Waals surface area contributed by atoms with Crippen LogP contribution in [0, 0.1) is 6.92 Å². The van der Waals surface area contributed by atoms with E-state index < -0.39 is 0 Å². The smallest absolute Gasteiger partial charge is 0.121 e. The third-order valence-electron chi connectivity index (χ3n) is 2.65. The van der Waals surface area contributed by atoms with Crippen molar-refractivity contribution in [2.75, 3.05) is 0 Å². The molecule has 0 aliphatic rings. The summed E-state index contributed by atoms with van der Waals surface area (Å²) in [6, 6.07) is 7.28. The number of aromatic hydroxyl groups is 1. The highest BCUT2D eigenvalue weighted by Crippen LogP contribution is 2.25. The largest absolute Gasteiger partial charge is 0.508 e. The second-order valence-corrected chi connectivity index (χ2v) is 5.28. The highest BCUT2D eigenvalue weighted by Gasteiger charge is 2.06. The summed E-state index contributed by atoms with van der Waals surface area (Å²) in [6.07, 6.45) is 0. The summed E-state index contributed by atoms with van der Waals surface area (Å²) in [4.78, 5) is 1.32. The van der Waals surface area contributed by atoms with Crippen molar-refractivity contribution in [1.82, 2.24) is 5.32 Å². The van der Waals surface area contributed by atoms with Crippen molar-refractivity contribution in [3.05, 3.63) is 50.7 Å². The first-order valence-electron chi connectivity index (χ1n) is 5.38. The lowest BCUT2D eigenvalue weighted by molar-refractivity contribution is 0.464. The fraction of sp³-hybridized carbons (Fsp3) is 0.231. The summed E-state index contributed by atoms with van der Waals surface area (Å²) in [5.74, 6) is 0.243. The van der Waals surface area contributed by atoms with E-state index in [1.165, 1.54) is 10.4 Å². The van der Waals surface area contributed by atoms with Crippen molar-refractivity contribution in [1.29, 1.82) is 0 Å². The van der Waals surface area contributed by atoms with Crippen molar-refractivity contribution in [3.8, 4) is 5.75 Å². The third kappa shape index (κ3) is 3.00. The van der Waals surface area contributed by atoms with Gasteiger partial charge in [-0.2, -0.15) is 0 Å². The van der Waals surface area contributed by atoms with Crippen molar-refractivity contribution in [2.45, 2.75) is 20.0 Å². The van der Waals surface area contributed by atoms with Crippen molar-refractivity contribution in [3.63, 3.8) is 0 Å². The Balaban J connectivity index is 1.97. The summed E-state index contributed by atoms with van der Waals surface area (Å²) < 4.78 is 0. The number of benzene rings is 1. The molecule has 2 rings (SSSR count). The molecule has 17 heavy (non-hydrogen) atoms. The topological polar surface area (TPSA) is 32.3 Å². The van der Waals surface area contributed by atoms with Crippen LogP contribution in [0.4, 0.5) is 0 Å². The van der Waals surface area contributed by atoms with Gasteiger partial charge >= 0.3 is 0 Å². The Hall–Kier alpha value is -1.03. The Bertz CT molecular complexity index is 490. The number of thiophene rings is 1. The summed E-state index contributed by atoms with van der Waals surface area (Å²) in [6.45, 7) is 3.47. The number of rotatable bonds is 4. The quantitative estimate of drug-likeness (QED) is 0.885. The molecule has 0 amide bonds. The van der Waals surface area contributed by atoms with Crippen LogP contribution >= 0.6 is 22.9 Å². The molecule has 1 heterocycles. The molecular weight excluding hydrogens is 254 g/mol. The van der Waals surface area contributed by atoms with Crippen LogP contribution in [0.15, 0.2) is 29.6 Å². The molecule has 0 atom stereocenters. The van der Waals surface area contributed by atoms with E-state index in [0.717, 1.165) is 12.1 Å². The van der Waals surface area contributed by atoms with Gasteiger partial charge in [-0.15, -0.1) is 11.3 Å². The molecule has 0 spiro atoms. The monoisotopic (exact) mass is 267 g/mol. The molecule has 0 aliphatic carbocycles. The SMILES string of the molecule is Cc1ccsc1CNCc1c(O)cccc1Cl. The van der Waals surface area contributed by atoms with Crippen LogP contribution in [0.5, 0.6) is 5.75 Å². The van der Waals surface area contributed by atoms with E-state index in [1.807, 2.05) is 0 Å². The lowest BCUT2D eigenvalue weighted by Crippen LogP contribution is -2.12. The van der Waals surface area contributed by atoms with E-state index >= 15 is 0 Å². The number of nitrogens with one attached hydrogen (secondary N) is 1. The number of phenolic OH excluding ortho intramolecular Hbond substituents is 1. The Labute approximate surface area is 110 Å². The first kappa shape index (κ1) is 12.4. The zero-order valence-corrected chi connectivity index (χ0v) is 11.1. The maximum Gasteiger partial charge on any atom is 0.121 e. The Kier molecular flexibility index (Phi) is 4.05. The molecule has 2 N–H and O–H groups in total. The molecule has 4 heteroatoms. The maximum absolute atomic E-state index is 9.68. The second-order valence-electron chi connectivity index (χ2n) is 3.87. The van der Waals surface area contributed by atoms with Crippen LogP contribution in [0.1, 0.15) is 16.0 Å². The van der Waals surface area contributed by atoms with Crippen LogP contribution in [0.2, 0.25) is 5.02 Å².